The van der Waals surface area contributed by atoms with Gasteiger partial charge < -0.3 is 9.26 Å². The van der Waals surface area contributed by atoms with Crippen LogP contribution >= 0.6 is 11.3 Å². The Morgan fingerprint density at radius 3 is 2.62 bits per heavy atom. The summed E-state index contributed by atoms with van der Waals surface area (Å²) in [5, 5.41) is 6.09. The summed E-state index contributed by atoms with van der Waals surface area (Å²) in [6.45, 7) is 5.07. The van der Waals surface area contributed by atoms with Gasteiger partial charge in [-0.2, -0.15) is 0 Å². The Hall–Kier alpha value is -2.48. The zero-order valence-corrected chi connectivity index (χ0v) is 14.4. The molecule has 0 spiro atoms. The lowest BCUT2D eigenvalue weighted by Crippen LogP contribution is -2.29. The van der Waals surface area contributed by atoms with Crippen molar-refractivity contribution in [1.82, 2.24) is 5.16 Å². The third-order valence-electron chi connectivity index (χ3n) is 3.12. The van der Waals surface area contributed by atoms with E-state index in [0.717, 1.165) is 4.88 Å². The normalized spacial score (nSPS) is 11.8. The molecule has 0 aliphatic carbocycles. The van der Waals surface area contributed by atoms with Gasteiger partial charge in [-0.25, -0.2) is 0 Å². The molecule has 1 atom stereocenters. The summed E-state index contributed by atoms with van der Waals surface area (Å²) in [6, 6.07) is 5.14. The average molecular weight is 350 g/mol. The Kier molecular flexibility index (Phi) is 5.86. The summed E-state index contributed by atoms with van der Waals surface area (Å²) in [6.07, 6.45) is -1.02. The summed E-state index contributed by atoms with van der Waals surface area (Å²) in [4.78, 5) is 37.2. The number of hydrogen-bond acceptors (Lipinski definition) is 7. The van der Waals surface area contributed by atoms with Crippen molar-refractivity contribution in [2.24, 2.45) is 0 Å². The van der Waals surface area contributed by atoms with Crippen molar-refractivity contribution in [3.05, 3.63) is 33.6 Å². The first kappa shape index (κ1) is 17.9. The van der Waals surface area contributed by atoms with Gasteiger partial charge in [-0.05, 0) is 32.9 Å². The fourth-order valence-electron chi connectivity index (χ4n) is 1.88. The van der Waals surface area contributed by atoms with Gasteiger partial charge >= 0.3 is 5.97 Å². The summed E-state index contributed by atoms with van der Waals surface area (Å²) in [7, 11) is 0. The molecule has 8 heteroatoms. The molecule has 1 N–H and O–H groups in total. The highest BCUT2D eigenvalue weighted by molar-refractivity contribution is 7.14. The van der Waals surface area contributed by atoms with E-state index in [4.69, 9.17) is 9.26 Å². The van der Waals surface area contributed by atoms with Crippen LogP contribution in [0.1, 0.15) is 40.0 Å². The number of hydrogen-bond donors (Lipinski definition) is 1. The fourth-order valence-corrected chi connectivity index (χ4v) is 2.71. The molecule has 2 aromatic heterocycles. The van der Waals surface area contributed by atoms with Crippen LogP contribution in [-0.4, -0.2) is 28.9 Å². The van der Waals surface area contributed by atoms with Gasteiger partial charge in [-0.1, -0.05) is 5.16 Å². The molecule has 0 fully saturated rings. The number of carbonyl (C=O) groups excluding carboxylic acids is 3. The summed E-state index contributed by atoms with van der Waals surface area (Å²) in [5.41, 5.74) is 0.622. The van der Waals surface area contributed by atoms with E-state index in [1.807, 2.05) is 13.0 Å². The van der Waals surface area contributed by atoms with Crippen molar-refractivity contribution >= 4 is 34.9 Å². The van der Waals surface area contributed by atoms with Crippen molar-refractivity contribution in [3.8, 4) is 0 Å². The van der Waals surface area contributed by atoms with Gasteiger partial charge in [0.15, 0.2) is 11.9 Å². The number of nitrogens with zero attached hydrogens (tertiary/aromatic N) is 1. The third-order valence-corrected chi connectivity index (χ3v) is 4.16. The van der Waals surface area contributed by atoms with Crippen molar-refractivity contribution < 1.29 is 23.6 Å². The minimum Gasteiger partial charge on any atom is -0.453 e. The lowest BCUT2D eigenvalue weighted by Gasteiger charge is -2.11. The molecule has 2 rings (SSSR count). The van der Waals surface area contributed by atoms with Crippen LogP contribution in [0.3, 0.4) is 0 Å². The SMILES string of the molecule is Cc1cc(NC(=O)[C@H](C)OC(=O)CCC(=O)c2ccc(C)s2)on1. The molecule has 1 amide bonds. The van der Waals surface area contributed by atoms with Gasteiger partial charge in [0.1, 0.15) is 0 Å². The number of ketones is 1. The number of anilines is 1. The van der Waals surface area contributed by atoms with Gasteiger partial charge in [0.25, 0.3) is 5.91 Å². The Bertz CT molecular complexity index is 749. The molecule has 0 aliphatic heterocycles. The van der Waals surface area contributed by atoms with E-state index in [1.165, 1.54) is 18.3 Å². The molecule has 0 unspecified atom stereocenters. The number of rotatable bonds is 7. The molecular formula is C16H18N2O5S. The van der Waals surface area contributed by atoms with E-state index in [-0.39, 0.29) is 24.5 Å². The Morgan fingerprint density at radius 2 is 2.04 bits per heavy atom. The highest BCUT2D eigenvalue weighted by atomic mass is 32.1. The van der Waals surface area contributed by atoms with Crippen LogP contribution in [0.4, 0.5) is 5.88 Å². The molecule has 2 aromatic rings. The monoisotopic (exact) mass is 350 g/mol. The maximum atomic E-state index is 11.9. The minimum atomic E-state index is -0.998. The zero-order valence-electron chi connectivity index (χ0n) is 13.6. The number of amides is 1. The number of esters is 1. The van der Waals surface area contributed by atoms with Crippen molar-refractivity contribution in [1.29, 1.82) is 0 Å². The van der Waals surface area contributed by atoms with E-state index >= 15 is 0 Å². The molecule has 24 heavy (non-hydrogen) atoms. The molecule has 0 aliphatic rings. The zero-order chi connectivity index (χ0) is 17.7. The summed E-state index contributed by atoms with van der Waals surface area (Å²) < 4.78 is 9.87. The van der Waals surface area contributed by atoms with Gasteiger partial charge in [0, 0.05) is 17.4 Å². The number of nitrogens with one attached hydrogen (secondary N) is 1. The number of aryl methyl sites for hydroxylation is 2. The van der Waals surface area contributed by atoms with Crippen molar-refractivity contribution in [3.63, 3.8) is 0 Å². The quantitative estimate of drug-likeness (QED) is 0.609. The lowest BCUT2D eigenvalue weighted by molar-refractivity contribution is -0.153. The number of Topliss-reactive ketones (excluding diaryl/α,β-unsaturated/α-hetero) is 1. The van der Waals surface area contributed by atoms with E-state index in [1.54, 1.807) is 19.1 Å². The highest BCUT2D eigenvalue weighted by Gasteiger charge is 2.20. The van der Waals surface area contributed by atoms with Crippen LogP contribution < -0.4 is 5.32 Å². The second-order valence-corrected chi connectivity index (χ2v) is 6.58. The van der Waals surface area contributed by atoms with Crippen LogP contribution in [0.5, 0.6) is 0 Å². The van der Waals surface area contributed by atoms with E-state index < -0.39 is 18.0 Å². The molecule has 0 bridgehead atoms. The fraction of sp³-hybridized carbons (Fsp3) is 0.375. The first-order chi connectivity index (χ1) is 11.3. The first-order valence-electron chi connectivity index (χ1n) is 7.38. The molecule has 128 valence electrons. The van der Waals surface area contributed by atoms with Crippen molar-refractivity contribution in [2.45, 2.75) is 39.7 Å². The molecule has 0 aromatic carbocycles. The number of carbonyl (C=O) groups is 3. The topological polar surface area (TPSA) is 98.5 Å². The van der Waals surface area contributed by atoms with E-state index in [9.17, 15) is 14.4 Å². The largest absolute Gasteiger partial charge is 0.453 e. The van der Waals surface area contributed by atoms with Gasteiger partial charge in [-0.15, -0.1) is 11.3 Å². The minimum absolute atomic E-state index is 0.0500. The first-order valence-corrected chi connectivity index (χ1v) is 8.20. The van der Waals surface area contributed by atoms with Gasteiger partial charge in [0.05, 0.1) is 17.0 Å². The summed E-state index contributed by atoms with van der Waals surface area (Å²) >= 11 is 1.39. The van der Waals surface area contributed by atoms with Crippen LogP contribution in [0.15, 0.2) is 22.7 Å². The molecule has 7 nitrogen and oxygen atoms in total. The molecule has 0 radical (unpaired) electrons. The standard InChI is InChI=1S/C16H18N2O5S/c1-9-8-14(23-18-9)17-16(21)11(3)22-15(20)7-5-12(19)13-6-4-10(2)24-13/h4,6,8,11H,5,7H2,1-3H3,(H,17,21)/t11-/m0/s1. The second kappa shape index (κ2) is 7.87. The molecule has 0 saturated heterocycles. The highest BCUT2D eigenvalue weighted by Crippen LogP contribution is 2.17. The number of thiophene rings is 1. The predicted octanol–water partition coefficient (Wildman–Crippen LogP) is 2.89. The lowest BCUT2D eigenvalue weighted by atomic mass is 10.2. The third kappa shape index (κ3) is 5.02. The van der Waals surface area contributed by atoms with E-state index in [0.29, 0.717) is 10.6 Å². The van der Waals surface area contributed by atoms with E-state index in [2.05, 4.69) is 10.5 Å². The van der Waals surface area contributed by atoms with Crippen molar-refractivity contribution in [2.75, 3.05) is 5.32 Å². The predicted molar refractivity (Wildman–Crippen MR) is 88.0 cm³/mol. The smallest absolute Gasteiger partial charge is 0.307 e. The van der Waals surface area contributed by atoms with Gasteiger partial charge in [0.2, 0.25) is 5.88 Å². The van der Waals surface area contributed by atoms with Crippen LogP contribution in [0, 0.1) is 13.8 Å². The number of aromatic nitrogens is 1. The molecular weight excluding hydrogens is 332 g/mol. The summed E-state index contributed by atoms with van der Waals surface area (Å²) in [5.74, 6) is -1.06. The molecule has 0 saturated carbocycles. The van der Waals surface area contributed by atoms with Crippen LogP contribution in [0.2, 0.25) is 0 Å². The Morgan fingerprint density at radius 1 is 1.29 bits per heavy atom. The second-order valence-electron chi connectivity index (χ2n) is 5.29. The maximum absolute atomic E-state index is 11.9. The maximum Gasteiger partial charge on any atom is 0.307 e. The Balaban J connectivity index is 1.76. The van der Waals surface area contributed by atoms with Gasteiger partial charge in [-0.3, -0.25) is 19.7 Å². The average Bonchev–Trinajstić information content (AvgIpc) is 3.13. The number of ether oxygens (including phenoxy) is 1. The Labute approximate surface area is 143 Å². The van der Waals surface area contributed by atoms with Crippen LogP contribution in [0.25, 0.3) is 0 Å². The van der Waals surface area contributed by atoms with Crippen LogP contribution in [-0.2, 0) is 14.3 Å². The molecule has 2 heterocycles.